The molecule has 5 rings (SSSR count). The van der Waals surface area contributed by atoms with Crippen LogP contribution in [0.25, 0.3) is 22.3 Å². The van der Waals surface area contributed by atoms with Crippen LogP contribution in [0.2, 0.25) is 5.02 Å². The van der Waals surface area contributed by atoms with Gasteiger partial charge in [0.1, 0.15) is 23.9 Å². The highest BCUT2D eigenvalue weighted by atomic mass is 35.5. The first-order valence-corrected chi connectivity index (χ1v) is 11.9. The van der Waals surface area contributed by atoms with Gasteiger partial charge in [-0.15, -0.1) is 0 Å². The van der Waals surface area contributed by atoms with Crippen molar-refractivity contribution in [2.24, 2.45) is 0 Å². The van der Waals surface area contributed by atoms with Crippen LogP contribution in [0.4, 0.5) is 11.5 Å². The van der Waals surface area contributed by atoms with E-state index in [1.165, 1.54) is 0 Å². The first kappa shape index (κ1) is 23.1. The number of benzene rings is 2. The Morgan fingerprint density at radius 2 is 1.94 bits per heavy atom. The van der Waals surface area contributed by atoms with Gasteiger partial charge in [-0.2, -0.15) is 0 Å². The van der Waals surface area contributed by atoms with Crippen LogP contribution in [0.3, 0.4) is 0 Å². The van der Waals surface area contributed by atoms with Crippen molar-refractivity contribution in [3.63, 3.8) is 0 Å². The molecule has 4 aromatic rings. The average molecular weight is 491 g/mol. The third-order valence-electron chi connectivity index (χ3n) is 6.04. The summed E-state index contributed by atoms with van der Waals surface area (Å²) in [7, 11) is 1.66. The molecule has 2 aromatic carbocycles. The topological polar surface area (TPSA) is 107 Å². The number of nitrogen functional groups attached to an aromatic ring is 1. The van der Waals surface area contributed by atoms with Crippen molar-refractivity contribution in [2.45, 2.75) is 25.5 Å². The summed E-state index contributed by atoms with van der Waals surface area (Å²) in [5.41, 5.74) is 9.53. The summed E-state index contributed by atoms with van der Waals surface area (Å²) in [6.07, 6.45) is 3.83. The van der Waals surface area contributed by atoms with E-state index in [0.717, 1.165) is 54.0 Å². The van der Waals surface area contributed by atoms with E-state index in [9.17, 15) is 0 Å². The molecule has 2 aromatic heterocycles. The number of pyridine rings is 1. The minimum Gasteiger partial charge on any atom is -0.495 e. The maximum absolute atomic E-state index is 6.50. The molecule has 180 valence electrons. The number of anilines is 2. The van der Waals surface area contributed by atoms with Gasteiger partial charge in [0.05, 0.1) is 29.0 Å². The molecule has 0 bridgehead atoms. The number of ether oxygens (including phenoxy) is 2. The van der Waals surface area contributed by atoms with E-state index in [1.807, 2.05) is 36.4 Å². The predicted molar refractivity (Wildman–Crippen MR) is 139 cm³/mol. The van der Waals surface area contributed by atoms with E-state index in [2.05, 4.69) is 20.6 Å². The largest absolute Gasteiger partial charge is 0.495 e. The zero-order valence-corrected chi connectivity index (χ0v) is 20.2. The Morgan fingerprint density at radius 1 is 1.09 bits per heavy atom. The lowest BCUT2D eigenvalue weighted by molar-refractivity contribution is 0.301. The summed E-state index contributed by atoms with van der Waals surface area (Å²) in [6, 6.07) is 15.4. The van der Waals surface area contributed by atoms with Crippen LogP contribution in [0.1, 0.15) is 18.5 Å². The number of nitrogens with two attached hydrogens (primary N) is 1. The van der Waals surface area contributed by atoms with Gasteiger partial charge >= 0.3 is 0 Å². The van der Waals surface area contributed by atoms with Gasteiger partial charge in [0.15, 0.2) is 5.82 Å². The Labute approximate surface area is 208 Å². The summed E-state index contributed by atoms with van der Waals surface area (Å²) in [4.78, 5) is 13.6. The van der Waals surface area contributed by atoms with E-state index in [-0.39, 0.29) is 0 Å². The van der Waals surface area contributed by atoms with Crippen molar-refractivity contribution in [3.05, 3.63) is 65.4 Å². The number of nitrogens with one attached hydrogen (secondary N) is 2. The highest BCUT2D eigenvalue weighted by Gasteiger charge is 2.17. The predicted octanol–water partition coefficient (Wildman–Crippen LogP) is 4.68. The molecule has 1 saturated heterocycles. The van der Waals surface area contributed by atoms with Crippen molar-refractivity contribution in [2.75, 3.05) is 31.2 Å². The summed E-state index contributed by atoms with van der Waals surface area (Å²) >= 11 is 6.50. The first-order chi connectivity index (χ1) is 17.1. The standard InChI is InChI=1S/C26H27ClN6O2/c1-34-24-14-21-19(13-22(24)31-17-7-10-29-11-8-17)25(28)33-26(32-21)16-5-6-23(20(27)12-16)35-15-18-4-2-3-9-30-18/h2-6,9,12-14,17,29,31H,7-8,10-11,15H2,1H3,(H2,28,32,33). The highest BCUT2D eigenvalue weighted by molar-refractivity contribution is 6.32. The SMILES string of the molecule is COc1cc2nc(-c3ccc(OCc4ccccn4)c(Cl)c3)nc(N)c2cc1NC1CCNCC1. The highest BCUT2D eigenvalue weighted by Crippen LogP contribution is 2.35. The Bertz CT molecular complexity index is 1330. The lowest BCUT2D eigenvalue weighted by atomic mass is 10.1. The number of piperidine rings is 1. The Balaban J connectivity index is 1.41. The van der Waals surface area contributed by atoms with Gasteiger partial charge in [-0.25, -0.2) is 9.97 Å². The number of aromatic nitrogens is 3. The summed E-state index contributed by atoms with van der Waals surface area (Å²) in [5.74, 6) is 2.16. The molecule has 0 aliphatic carbocycles. The molecule has 35 heavy (non-hydrogen) atoms. The maximum atomic E-state index is 6.50. The van der Waals surface area contributed by atoms with Gasteiger partial charge in [0, 0.05) is 29.3 Å². The molecule has 9 heteroatoms. The number of fused-ring (bicyclic) bond motifs is 1. The van der Waals surface area contributed by atoms with Crippen LogP contribution in [0.15, 0.2) is 54.7 Å². The number of hydrogen-bond donors (Lipinski definition) is 3. The van der Waals surface area contributed by atoms with Gasteiger partial charge in [0.2, 0.25) is 0 Å². The van der Waals surface area contributed by atoms with Crippen LogP contribution >= 0.6 is 11.6 Å². The van der Waals surface area contributed by atoms with E-state index in [4.69, 9.17) is 31.8 Å². The normalized spacial score (nSPS) is 14.1. The lowest BCUT2D eigenvalue weighted by Gasteiger charge is -2.25. The first-order valence-electron chi connectivity index (χ1n) is 11.6. The summed E-state index contributed by atoms with van der Waals surface area (Å²) < 4.78 is 11.5. The Kier molecular flexibility index (Phi) is 6.83. The van der Waals surface area contributed by atoms with E-state index >= 15 is 0 Å². The molecule has 1 fully saturated rings. The summed E-state index contributed by atoms with van der Waals surface area (Å²) in [5, 5.41) is 8.20. The molecular formula is C26H27ClN6O2. The number of nitrogens with zero attached hydrogens (tertiary/aromatic N) is 3. The Hall–Kier alpha value is -3.62. The third-order valence-corrected chi connectivity index (χ3v) is 6.33. The fraction of sp³-hybridized carbons (Fsp3) is 0.269. The molecule has 4 N–H and O–H groups in total. The van der Waals surface area contributed by atoms with Crippen LogP contribution in [0.5, 0.6) is 11.5 Å². The van der Waals surface area contributed by atoms with Gasteiger partial charge < -0.3 is 25.8 Å². The zero-order chi connectivity index (χ0) is 24.2. The van der Waals surface area contributed by atoms with Crippen molar-refractivity contribution in [3.8, 4) is 22.9 Å². The number of methoxy groups -OCH3 is 1. The molecule has 0 spiro atoms. The Morgan fingerprint density at radius 3 is 2.69 bits per heavy atom. The van der Waals surface area contributed by atoms with Crippen molar-refractivity contribution in [1.29, 1.82) is 0 Å². The van der Waals surface area contributed by atoms with Gasteiger partial charge in [-0.05, 0) is 62.3 Å². The molecular weight excluding hydrogens is 464 g/mol. The van der Waals surface area contributed by atoms with E-state index in [1.54, 1.807) is 25.4 Å². The van der Waals surface area contributed by atoms with Crippen molar-refractivity contribution < 1.29 is 9.47 Å². The minimum atomic E-state index is 0.326. The zero-order valence-electron chi connectivity index (χ0n) is 19.4. The number of rotatable bonds is 7. The third kappa shape index (κ3) is 5.23. The number of hydrogen-bond acceptors (Lipinski definition) is 8. The van der Waals surface area contributed by atoms with Crippen molar-refractivity contribution >= 4 is 34.0 Å². The molecule has 0 saturated carbocycles. The van der Waals surface area contributed by atoms with E-state index < -0.39 is 0 Å². The second-order valence-corrected chi connectivity index (χ2v) is 8.83. The molecule has 0 radical (unpaired) electrons. The molecule has 8 nitrogen and oxygen atoms in total. The molecule has 3 heterocycles. The summed E-state index contributed by atoms with van der Waals surface area (Å²) in [6.45, 7) is 2.32. The van der Waals surface area contributed by atoms with Gasteiger partial charge in [-0.3, -0.25) is 4.98 Å². The van der Waals surface area contributed by atoms with Crippen molar-refractivity contribution in [1.82, 2.24) is 20.3 Å². The van der Waals surface area contributed by atoms with Crippen LogP contribution < -0.4 is 25.8 Å². The fourth-order valence-corrected chi connectivity index (χ4v) is 4.40. The monoisotopic (exact) mass is 490 g/mol. The minimum absolute atomic E-state index is 0.326. The van der Waals surface area contributed by atoms with E-state index in [0.29, 0.717) is 40.6 Å². The molecule has 1 aliphatic rings. The molecule has 0 unspecified atom stereocenters. The average Bonchev–Trinajstić information content (AvgIpc) is 2.89. The van der Waals surface area contributed by atoms with Gasteiger partial charge in [0.25, 0.3) is 0 Å². The fourth-order valence-electron chi connectivity index (χ4n) is 4.17. The lowest BCUT2D eigenvalue weighted by Crippen LogP contribution is -2.35. The number of halogens is 1. The quantitative estimate of drug-likeness (QED) is 0.343. The second kappa shape index (κ2) is 10.3. The smallest absolute Gasteiger partial charge is 0.162 e. The van der Waals surface area contributed by atoms with Crippen LogP contribution in [-0.2, 0) is 6.61 Å². The van der Waals surface area contributed by atoms with Gasteiger partial charge in [-0.1, -0.05) is 17.7 Å². The molecule has 0 amide bonds. The van der Waals surface area contributed by atoms with Crippen LogP contribution in [-0.4, -0.2) is 41.2 Å². The van der Waals surface area contributed by atoms with Crippen LogP contribution in [0, 0.1) is 0 Å². The maximum Gasteiger partial charge on any atom is 0.162 e. The molecule has 0 atom stereocenters. The second-order valence-electron chi connectivity index (χ2n) is 8.43. The molecule has 1 aliphatic heterocycles.